The van der Waals surface area contributed by atoms with Gasteiger partial charge in [0.25, 0.3) is 0 Å². The maximum atomic E-state index is 12.4. The van der Waals surface area contributed by atoms with Gasteiger partial charge in [-0.05, 0) is 41.5 Å². The van der Waals surface area contributed by atoms with Crippen LogP contribution in [0.1, 0.15) is 74.4 Å². The van der Waals surface area contributed by atoms with E-state index in [0.717, 1.165) is 16.7 Å². The van der Waals surface area contributed by atoms with E-state index in [-0.39, 0.29) is 22.3 Å². The summed E-state index contributed by atoms with van der Waals surface area (Å²) in [5.74, 6) is -0.569. The number of aryl methyl sites for hydroxylation is 1. The van der Waals surface area contributed by atoms with Crippen LogP contribution in [-0.2, 0) is 10.8 Å². The quantitative estimate of drug-likeness (QED) is 0.583. The van der Waals surface area contributed by atoms with Crippen molar-refractivity contribution in [3.05, 3.63) is 62.7 Å². The number of rotatable bonds is 3. The molecule has 28 heavy (non-hydrogen) atoms. The summed E-state index contributed by atoms with van der Waals surface area (Å²) in [5.41, 5.74) is 0.394. The number of hydrogen-bond donors (Lipinski definition) is 2. The number of allylic oxidation sites excluding steroid dienone is 1. The molecule has 0 unspecified atom stereocenters. The maximum absolute atomic E-state index is 12.4. The SMILES string of the molecule is Cc1cc(O)c(C(=O)C=Cc2cc(C(C)(C)C)c(O)c(C(C)(C)C)c2)c(=O)o1. The number of ketones is 1. The first-order valence-corrected chi connectivity index (χ1v) is 9.16. The first kappa shape index (κ1) is 21.5. The Labute approximate surface area is 165 Å². The molecular weight excluding hydrogens is 356 g/mol. The van der Waals surface area contributed by atoms with Gasteiger partial charge < -0.3 is 14.6 Å². The van der Waals surface area contributed by atoms with Gasteiger partial charge in [-0.15, -0.1) is 0 Å². The lowest BCUT2D eigenvalue weighted by Gasteiger charge is -2.27. The highest BCUT2D eigenvalue weighted by Gasteiger charge is 2.26. The molecule has 0 amide bonds. The summed E-state index contributed by atoms with van der Waals surface area (Å²) in [6, 6.07) is 4.89. The Morgan fingerprint density at radius 3 is 1.89 bits per heavy atom. The summed E-state index contributed by atoms with van der Waals surface area (Å²) in [4.78, 5) is 24.4. The minimum absolute atomic E-state index is 0.228. The van der Waals surface area contributed by atoms with Crippen molar-refractivity contribution in [2.45, 2.75) is 59.3 Å². The van der Waals surface area contributed by atoms with Crippen molar-refractivity contribution < 1.29 is 19.4 Å². The summed E-state index contributed by atoms with van der Waals surface area (Å²) in [6.45, 7) is 13.5. The average molecular weight is 384 g/mol. The molecule has 5 heteroatoms. The monoisotopic (exact) mass is 384 g/mol. The van der Waals surface area contributed by atoms with Gasteiger partial charge in [0.1, 0.15) is 22.8 Å². The second kappa shape index (κ2) is 7.30. The van der Waals surface area contributed by atoms with Crippen LogP contribution in [0.5, 0.6) is 11.5 Å². The Balaban J connectivity index is 2.54. The molecule has 0 aliphatic rings. The molecule has 1 heterocycles. The number of carbonyl (C=O) groups is 1. The number of hydrogen-bond acceptors (Lipinski definition) is 5. The van der Waals surface area contributed by atoms with Crippen LogP contribution in [0.25, 0.3) is 6.08 Å². The molecular formula is C23H28O5. The average Bonchev–Trinajstić information content (AvgIpc) is 2.50. The lowest BCUT2D eigenvalue weighted by molar-refractivity contribution is 0.104. The summed E-state index contributed by atoms with van der Waals surface area (Å²) < 4.78 is 4.90. The molecule has 150 valence electrons. The molecule has 2 rings (SSSR count). The Hall–Kier alpha value is -2.82. The minimum Gasteiger partial charge on any atom is -0.507 e. The molecule has 0 spiro atoms. The minimum atomic E-state index is -0.872. The Morgan fingerprint density at radius 1 is 0.964 bits per heavy atom. The Bertz CT molecular complexity index is 960. The largest absolute Gasteiger partial charge is 0.507 e. The van der Waals surface area contributed by atoms with E-state index in [9.17, 15) is 19.8 Å². The number of phenolic OH excluding ortho intramolecular Hbond substituents is 1. The first-order chi connectivity index (χ1) is 12.7. The highest BCUT2D eigenvalue weighted by atomic mass is 16.4. The van der Waals surface area contributed by atoms with Gasteiger partial charge in [0.05, 0.1) is 0 Å². The fourth-order valence-electron chi connectivity index (χ4n) is 2.97. The lowest BCUT2D eigenvalue weighted by Crippen LogP contribution is -2.17. The fourth-order valence-corrected chi connectivity index (χ4v) is 2.97. The van der Waals surface area contributed by atoms with Gasteiger partial charge in [-0.3, -0.25) is 4.79 Å². The molecule has 0 bridgehead atoms. The molecule has 0 atom stereocenters. The lowest BCUT2D eigenvalue weighted by atomic mass is 9.78. The third-order valence-electron chi connectivity index (χ3n) is 4.48. The van der Waals surface area contributed by atoms with Crippen molar-refractivity contribution in [3.63, 3.8) is 0 Å². The summed E-state index contributed by atoms with van der Waals surface area (Å²) in [5, 5.41) is 20.7. The van der Waals surface area contributed by atoms with Crippen molar-refractivity contribution >= 4 is 11.9 Å². The summed E-state index contributed by atoms with van der Waals surface area (Å²) in [7, 11) is 0. The smallest absolute Gasteiger partial charge is 0.351 e. The van der Waals surface area contributed by atoms with E-state index in [1.807, 2.05) is 53.7 Å². The van der Waals surface area contributed by atoms with Gasteiger partial charge in [-0.25, -0.2) is 4.79 Å². The van der Waals surface area contributed by atoms with Gasteiger partial charge in [0.2, 0.25) is 0 Å². The molecule has 1 aromatic heterocycles. The van der Waals surface area contributed by atoms with Crippen LogP contribution < -0.4 is 5.63 Å². The van der Waals surface area contributed by atoms with Crippen LogP contribution in [0.4, 0.5) is 0 Å². The predicted octanol–water partition coefficient (Wildman–Crippen LogP) is 4.85. The van der Waals surface area contributed by atoms with Crippen LogP contribution in [0.15, 0.2) is 33.5 Å². The van der Waals surface area contributed by atoms with E-state index in [1.165, 1.54) is 19.1 Å². The Kier molecular flexibility index (Phi) is 5.60. The molecule has 2 aromatic rings. The maximum Gasteiger partial charge on any atom is 0.351 e. The molecule has 5 nitrogen and oxygen atoms in total. The van der Waals surface area contributed by atoms with E-state index in [2.05, 4.69) is 0 Å². The van der Waals surface area contributed by atoms with Crippen molar-refractivity contribution in [3.8, 4) is 11.5 Å². The standard InChI is InChI=1S/C23H28O5/c1-13-10-18(25)19(21(27)28-13)17(24)9-8-14-11-15(22(2,3)4)20(26)16(12-14)23(5,6)7/h8-12,25-26H,1-7H3. The highest BCUT2D eigenvalue weighted by Crippen LogP contribution is 2.40. The van der Waals surface area contributed by atoms with Gasteiger partial charge in [-0.1, -0.05) is 47.6 Å². The van der Waals surface area contributed by atoms with Crippen molar-refractivity contribution in [1.29, 1.82) is 0 Å². The van der Waals surface area contributed by atoms with Crippen LogP contribution in [0.2, 0.25) is 0 Å². The molecule has 0 radical (unpaired) electrons. The zero-order valence-electron chi connectivity index (χ0n) is 17.5. The van der Waals surface area contributed by atoms with Gasteiger partial charge in [-0.2, -0.15) is 0 Å². The predicted molar refractivity (Wildman–Crippen MR) is 110 cm³/mol. The van der Waals surface area contributed by atoms with Gasteiger partial charge >= 0.3 is 5.63 Å². The van der Waals surface area contributed by atoms with Gasteiger partial charge in [0, 0.05) is 17.2 Å². The number of phenols is 1. The molecule has 0 aliphatic heterocycles. The molecule has 2 N–H and O–H groups in total. The summed E-state index contributed by atoms with van der Waals surface area (Å²) in [6.07, 6.45) is 2.80. The van der Waals surface area contributed by atoms with Crippen molar-refractivity contribution in [1.82, 2.24) is 0 Å². The molecule has 0 saturated heterocycles. The highest BCUT2D eigenvalue weighted by molar-refractivity contribution is 6.08. The second-order valence-corrected chi connectivity index (χ2v) is 9.07. The van der Waals surface area contributed by atoms with Crippen LogP contribution in [-0.4, -0.2) is 16.0 Å². The van der Waals surface area contributed by atoms with E-state index < -0.39 is 22.7 Å². The number of carbonyl (C=O) groups excluding carboxylic acids is 1. The normalized spacial score (nSPS) is 12.5. The van der Waals surface area contributed by atoms with Crippen molar-refractivity contribution in [2.75, 3.05) is 0 Å². The third kappa shape index (κ3) is 4.53. The third-order valence-corrected chi connectivity index (χ3v) is 4.48. The molecule has 0 saturated carbocycles. The topological polar surface area (TPSA) is 87.7 Å². The second-order valence-electron chi connectivity index (χ2n) is 9.07. The van der Waals surface area contributed by atoms with Crippen molar-refractivity contribution in [2.24, 2.45) is 0 Å². The van der Waals surface area contributed by atoms with E-state index in [1.54, 1.807) is 6.08 Å². The first-order valence-electron chi connectivity index (χ1n) is 9.16. The zero-order chi connectivity index (χ0) is 21.4. The number of benzene rings is 1. The van der Waals surface area contributed by atoms with Gasteiger partial charge in [0.15, 0.2) is 5.78 Å². The van der Waals surface area contributed by atoms with E-state index in [4.69, 9.17) is 4.42 Å². The Morgan fingerprint density at radius 2 is 1.46 bits per heavy atom. The number of aromatic hydroxyl groups is 2. The van der Waals surface area contributed by atoms with Crippen LogP contribution >= 0.6 is 0 Å². The molecule has 0 aliphatic carbocycles. The molecule has 0 fully saturated rings. The van der Waals surface area contributed by atoms with Crippen LogP contribution in [0.3, 0.4) is 0 Å². The fraction of sp³-hybridized carbons (Fsp3) is 0.391. The zero-order valence-corrected chi connectivity index (χ0v) is 17.5. The molecule has 1 aromatic carbocycles. The van der Waals surface area contributed by atoms with E-state index in [0.29, 0.717) is 0 Å². The van der Waals surface area contributed by atoms with Crippen LogP contribution in [0, 0.1) is 6.92 Å². The van der Waals surface area contributed by atoms with E-state index >= 15 is 0 Å². The summed E-state index contributed by atoms with van der Waals surface area (Å²) >= 11 is 0.